The molecular formula is C38H52N4O4. The molecule has 2 aromatic rings. The standard InChI is InChI=1S/C38H52N4O4/c1-37-14-13-29-27(28(37)10-12-34(37)44)9-8-26-22-33(43)32(23-38(26,29)2)40-17-19-41(20-18-40)36(46)31-6-4-16-42(31)35(45)25-7-11-30-24(21-25)5-3-15-39-30/h3,5,7,11,15,21,26-29,31-34,43-44H,4,6,8-10,12-14,16-20,22-23H2,1-2H3/t26?,27-,28-,29-,31-,32-,33-,34-,37-,38-/m0/s1. The molecule has 0 radical (unpaired) electrons. The van der Waals surface area contributed by atoms with Crippen molar-refractivity contribution in [3.63, 3.8) is 0 Å². The van der Waals surface area contributed by atoms with E-state index in [1.807, 2.05) is 35.2 Å². The Balaban J connectivity index is 0.922. The molecule has 6 fully saturated rings. The molecule has 8 heteroatoms. The van der Waals surface area contributed by atoms with Crippen molar-refractivity contribution < 1.29 is 19.8 Å². The van der Waals surface area contributed by atoms with Gasteiger partial charge in [-0.3, -0.25) is 19.5 Å². The first-order valence-electron chi connectivity index (χ1n) is 18.2. The molecule has 6 aliphatic rings. The lowest BCUT2D eigenvalue weighted by Gasteiger charge is -2.62. The highest BCUT2D eigenvalue weighted by Gasteiger charge is 2.61. The summed E-state index contributed by atoms with van der Waals surface area (Å²) in [5, 5.41) is 23.3. The molecule has 2 amide bonds. The van der Waals surface area contributed by atoms with E-state index in [2.05, 4.69) is 23.7 Å². The summed E-state index contributed by atoms with van der Waals surface area (Å²) in [6.45, 7) is 8.34. The highest BCUT2D eigenvalue weighted by atomic mass is 16.3. The lowest BCUT2D eigenvalue weighted by atomic mass is 9.44. The van der Waals surface area contributed by atoms with E-state index in [0.717, 1.165) is 56.1 Å². The van der Waals surface area contributed by atoms with Gasteiger partial charge in [-0.2, -0.15) is 0 Å². The van der Waals surface area contributed by atoms with Gasteiger partial charge in [0.1, 0.15) is 6.04 Å². The fourth-order valence-corrected chi connectivity index (χ4v) is 11.7. The number of piperazine rings is 1. The lowest BCUT2D eigenvalue weighted by molar-refractivity contribution is -0.157. The Morgan fingerprint density at radius 3 is 2.52 bits per heavy atom. The quantitative estimate of drug-likeness (QED) is 0.511. The molecule has 1 aromatic carbocycles. The number of nitrogens with zero attached hydrogens (tertiary/aromatic N) is 4. The zero-order valence-corrected chi connectivity index (χ0v) is 27.7. The van der Waals surface area contributed by atoms with Crippen LogP contribution >= 0.6 is 0 Å². The molecule has 4 aliphatic carbocycles. The fourth-order valence-electron chi connectivity index (χ4n) is 11.7. The lowest BCUT2D eigenvalue weighted by Crippen LogP contribution is -2.62. The minimum Gasteiger partial charge on any atom is -0.393 e. The summed E-state index contributed by atoms with van der Waals surface area (Å²) in [5.41, 5.74) is 1.78. The Morgan fingerprint density at radius 1 is 0.891 bits per heavy atom. The van der Waals surface area contributed by atoms with Crippen molar-refractivity contribution in [2.24, 2.45) is 34.5 Å². The van der Waals surface area contributed by atoms with E-state index in [1.54, 1.807) is 11.1 Å². The number of carbonyl (C=O) groups is 2. The number of fused-ring (bicyclic) bond motifs is 6. The van der Waals surface area contributed by atoms with Gasteiger partial charge in [0.15, 0.2) is 0 Å². The Labute approximate surface area is 273 Å². The van der Waals surface area contributed by atoms with Crippen LogP contribution in [0.3, 0.4) is 0 Å². The molecule has 1 unspecified atom stereocenters. The van der Waals surface area contributed by atoms with E-state index in [1.165, 1.54) is 25.7 Å². The molecule has 4 saturated carbocycles. The molecule has 2 N–H and O–H groups in total. The number of aromatic nitrogens is 1. The van der Waals surface area contributed by atoms with Gasteiger partial charge < -0.3 is 20.0 Å². The van der Waals surface area contributed by atoms with Gasteiger partial charge in [0.05, 0.1) is 17.7 Å². The second-order valence-corrected chi connectivity index (χ2v) is 16.3. The van der Waals surface area contributed by atoms with Crippen LogP contribution in [0.15, 0.2) is 36.5 Å². The summed E-state index contributed by atoms with van der Waals surface area (Å²) in [6, 6.07) is 9.17. The Bertz CT molecular complexity index is 1490. The van der Waals surface area contributed by atoms with Crippen LogP contribution in [0.5, 0.6) is 0 Å². The van der Waals surface area contributed by atoms with Crippen LogP contribution in [-0.4, -0.2) is 98.7 Å². The summed E-state index contributed by atoms with van der Waals surface area (Å²) in [7, 11) is 0. The zero-order chi connectivity index (χ0) is 31.8. The van der Waals surface area contributed by atoms with Gasteiger partial charge in [0, 0.05) is 55.9 Å². The number of pyridine rings is 1. The molecular weight excluding hydrogens is 576 g/mol. The minimum atomic E-state index is -0.408. The van der Waals surface area contributed by atoms with Crippen LogP contribution in [0.2, 0.25) is 0 Å². The van der Waals surface area contributed by atoms with Crippen LogP contribution in [0, 0.1) is 34.5 Å². The number of amides is 2. The van der Waals surface area contributed by atoms with Crippen molar-refractivity contribution in [1.29, 1.82) is 0 Å². The maximum Gasteiger partial charge on any atom is 0.254 e. The van der Waals surface area contributed by atoms with E-state index >= 15 is 0 Å². The predicted molar refractivity (Wildman–Crippen MR) is 177 cm³/mol. The summed E-state index contributed by atoms with van der Waals surface area (Å²) >= 11 is 0. The third-order valence-corrected chi connectivity index (χ3v) is 14.4. The van der Waals surface area contributed by atoms with Gasteiger partial charge in [-0.05, 0) is 123 Å². The number of likely N-dealkylation sites (tertiary alicyclic amines) is 1. The SMILES string of the molecule is C[C@]12CC[C@H]3[C@@H](CCC4C[C@H](O)[C@@H](N5CCN(C(=O)[C@@H]6CCCN6C(=O)c6ccc7ncccc7c6)CC5)C[C@@]43C)[C@@H]1CC[C@@H]2O. The summed E-state index contributed by atoms with van der Waals surface area (Å²) in [4.78, 5) is 38.1. The Kier molecular flexibility index (Phi) is 7.73. The number of aliphatic hydroxyl groups is 2. The van der Waals surface area contributed by atoms with Crippen LogP contribution < -0.4 is 0 Å². The number of hydrogen-bond donors (Lipinski definition) is 2. The average Bonchev–Trinajstić information content (AvgIpc) is 3.68. The summed E-state index contributed by atoms with van der Waals surface area (Å²) in [6.07, 6.45) is 11.7. The van der Waals surface area contributed by atoms with E-state index in [-0.39, 0.29) is 40.9 Å². The molecule has 0 bridgehead atoms. The second kappa shape index (κ2) is 11.6. The highest BCUT2D eigenvalue weighted by Crippen LogP contribution is 2.66. The van der Waals surface area contributed by atoms with E-state index in [0.29, 0.717) is 55.3 Å². The highest BCUT2D eigenvalue weighted by molar-refractivity contribution is 6.00. The molecule has 248 valence electrons. The molecule has 46 heavy (non-hydrogen) atoms. The molecule has 2 aliphatic heterocycles. The molecule has 1 aromatic heterocycles. The van der Waals surface area contributed by atoms with Gasteiger partial charge in [0.25, 0.3) is 5.91 Å². The third-order valence-electron chi connectivity index (χ3n) is 14.4. The predicted octanol–water partition coefficient (Wildman–Crippen LogP) is 4.73. The maximum absolute atomic E-state index is 13.9. The van der Waals surface area contributed by atoms with Gasteiger partial charge in [-0.15, -0.1) is 0 Å². The number of hydrogen-bond acceptors (Lipinski definition) is 6. The topological polar surface area (TPSA) is 97.2 Å². The second-order valence-electron chi connectivity index (χ2n) is 16.3. The summed E-state index contributed by atoms with van der Waals surface area (Å²) < 4.78 is 0. The number of carbonyl (C=O) groups excluding carboxylic acids is 2. The zero-order valence-electron chi connectivity index (χ0n) is 27.7. The van der Waals surface area contributed by atoms with Crippen molar-refractivity contribution in [2.45, 2.75) is 102 Å². The van der Waals surface area contributed by atoms with Crippen LogP contribution in [0.25, 0.3) is 10.9 Å². The largest absolute Gasteiger partial charge is 0.393 e. The number of rotatable bonds is 3. The first kappa shape index (κ1) is 30.8. The monoisotopic (exact) mass is 628 g/mol. The maximum atomic E-state index is 13.9. The van der Waals surface area contributed by atoms with E-state index in [4.69, 9.17) is 0 Å². The van der Waals surface area contributed by atoms with E-state index in [9.17, 15) is 19.8 Å². The van der Waals surface area contributed by atoms with Crippen LogP contribution in [0.4, 0.5) is 0 Å². The van der Waals surface area contributed by atoms with Crippen molar-refractivity contribution in [3.8, 4) is 0 Å². The molecule has 3 heterocycles. The molecule has 2 saturated heterocycles. The minimum absolute atomic E-state index is 0.0725. The molecule has 8 rings (SSSR count). The fraction of sp³-hybridized carbons (Fsp3) is 0.711. The van der Waals surface area contributed by atoms with Crippen LogP contribution in [-0.2, 0) is 4.79 Å². The van der Waals surface area contributed by atoms with Crippen LogP contribution in [0.1, 0.15) is 88.4 Å². The van der Waals surface area contributed by atoms with Crippen molar-refractivity contribution >= 4 is 22.7 Å². The Morgan fingerprint density at radius 2 is 1.70 bits per heavy atom. The van der Waals surface area contributed by atoms with Gasteiger partial charge >= 0.3 is 0 Å². The smallest absolute Gasteiger partial charge is 0.254 e. The van der Waals surface area contributed by atoms with Crippen molar-refractivity contribution in [1.82, 2.24) is 19.7 Å². The Hall–Kier alpha value is -2.55. The first-order valence-corrected chi connectivity index (χ1v) is 18.2. The molecule has 8 nitrogen and oxygen atoms in total. The number of aliphatic hydroxyl groups excluding tert-OH is 2. The normalized spacial score (nSPS) is 41.2. The molecule has 10 atom stereocenters. The number of benzene rings is 1. The van der Waals surface area contributed by atoms with Gasteiger partial charge in [0.2, 0.25) is 5.91 Å². The first-order chi connectivity index (χ1) is 22.2. The molecule has 0 spiro atoms. The van der Waals surface area contributed by atoms with Crippen molar-refractivity contribution in [3.05, 3.63) is 42.1 Å². The average molecular weight is 629 g/mol. The van der Waals surface area contributed by atoms with E-state index < -0.39 is 6.04 Å². The van der Waals surface area contributed by atoms with Gasteiger partial charge in [-0.25, -0.2) is 0 Å². The van der Waals surface area contributed by atoms with Gasteiger partial charge in [-0.1, -0.05) is 19.9 Å². The van der Waals surface area contributed by atoms with Crippen molar-refractivity contribution in [2.75, 3.05) is 32.7 Å². The summed E-state index contributed by atoms with van der Waals surface area (Å²) in [5.74, 6) is 2.59. The third kappa shape index (κ3) is 4.83.